The molecule has 12 heavy (non-hydrogen) atoms. The molecule has 0 N–H and O–H groups in total. The molecule has 0 fully saturated rings. The van der Waals surface area contributed by atoms with E-state index in [-0.39, 0.29) is 0 Å². The second kappa shape index (κ2) is 4.60. The molecular weight excluding hydrogens is 148 g/mol. The van der Waals surface area contributed by atoms with E-state index in [0.29, 0.717) is 0 Å². The molecule has 0 saturated carbocycles. The van der Waals surface area contributed by atoms with Crippen molar-refractivity contribution >= 4 is 6.08 Å². The van der Waals surface area contributed by atoms with Gasteiger partial charge in [0.05, 0.1) is 6.61 Å². The van der Waals surface area contributed by atoms with E-state index in [2.05, 4.69) is 19.6 Å². The molecule has 0 heterocycles. The van der Waals surface area contributed by atoms with Crippen molar-refractivity contribution in [3.63, 3.8) is 0 Å². The molecule has 0 aliphatic carbocycles. The maximum atomic E-state index is 5.47. The third kappa shape index (κ3) is 2.12. The zero-order chi connectivity index (χ0) is 8.81. The highest BCUT2D eigenvalue weighted by molar-refractivity contribution is 5.54. The lowest BCUT2D eigenvalue weighted by molar-refractivity contribution is 0.317. The van der Waals surface area contributed by atoms with Crippen molar-refractivity contribution in [1.82, 2.24) is 0 Å². The average molecular weight is 161 g/mol. The topological polar surface area (TPSA) is 9.23 Å². The lowest BCUT2D eigenvalue weighted by Gasteiger charge is -2.06. The Kier molecular flexibility index (Phi) is 3.39. The number of hydrogen-bond acceptors (Lipinski definition) is 1. The maximum Gasteiger partial charge on any atom is 0.127 e. The molecule has 0 bridgehead atoms. The average Bonchev–Trinajstić information content (AvgIpc) is 2.15. The van der Waals surface area contributed by atoms with Gasteiger partial charge in [0, 0.05) is 5.56 Å². The van der Waals surface area contributed by atoms with E-state index in [1.165, 1.54) is 0 Å². The Morgan fingerprint density at radius 3 is 3.17 bits per heavy atom. The Morgan fingerprint density at radius 1 is 1.67 bits per heavy atom. The smallest absolute Gasteiger partial charge is 0.127 e. The van der Waals surface area contributed by atoms with Gasteiger partial charge < -0.3 is 4.74 Å². The van der Waals surface area contributed by atoms with Gasteiger partial charge in [0.25, 0.3) is 0 Å². The zero-order valence-corrected chi connectivity index (χ0v) is 7.34. The molecule has 0 unspecified atom stereocenters. The lowest BCUT2D eigenvalue weighted by Crippen LogP contribution is -1.96. The Morgan fingerprint density at radius 2 is 2.50 bits per heavy atom. The molecule has 1 aromatic carbocycles. The van der Waals surface area contributed by atoms with Crippen LogP contribution in [-0.4, -0.2) is 6.61 Å². The summed E-state index contributed by atoms with van der Waals surface area (Å²) >= 11 is 0. The fraction of sp³-hybridized carbons (Fsp3) is 0.273. The number of hydrogen-bond donors (Lipinski definition) is 0. The van der Waals surface area contributed by atoms with E-state index in [1.807, 2.05) is 18.2 Å². The molecule has 0 aliphatic heterocycles. The fourth-order valence-corrected chi connectivity index (χ4v) is 0.932. The van der Waals surface area contributed by atoms with Crippen molar-refractivity contribution in [1.29, 1.82) is 0 Å². The van der Waals surface area contributed by atoms with E-state index >= 15 is 0 Å². The van der Waals surface area contributed by atoms with Crippen LogP contribution < -0.4 is 4.74 Å². The second-order valence-electron chi connectivity index (χ2n) is 2.50. The first-order valence-electron chi connectivity index (χ1n) is 4.14. The van der Waals surface area contributed by atoms with Gasteiger partial charge in [-0.15, -0.1) is 0 Å². The van der Waals surface area contributed by atoms with Gasteiger partial charge in [0.2, 0.25) is 0 Å². The Hall–Kier alpha value is -1.24. The van der Waals surface area contributed by atoms with Crippen LogP contribution in [0, 0.1) is 6.07 Å². The number of ether oxygens (including phenoxy) is 1. The van der Waals surface area contributed by atoms with E-state index < -0.39 is 0 Å². The maximum absolute atomic E-state index is 5.47. The van der Waals surface area contributed by atoms with Crippen LogP contribution >= 0.6 is 0 Å². The first-order chi connectivity index (χ1) is 5.88. The second-order valence-corrected chi connectivity index (χ2v) is 2.50. The molecule has 1 radical (unpaired) electrons. The van der Waals surface area contributed by atoms with Gasteiger partial charge in [-0.05, 0) is 18.6 Å². The highest BCUT2D eigenvalue weighted by Gasteiger charge is 1.96. The van der Waals surface area contributed by atoms with Gasteiger partial charge in [-0.25, -0.2) is 0 Å². The Bertz CT molecular complexity index is 253. The van der Waals surface area contributed by atoms with E-state index in [1.54, 1.807) is 6.08 Å². The number of rotatable bonds is 4. The molecule has 63 valence electrons. The van der Waals surface area contributed by atoms with Crippen molar-refractivity contribution in [2.24, 2.45) is 0 Å². The van der Waals surface area contributed by atoms with Crippen LogP contribution in [-0.2, 0) is 0 Å². The highest BCUT2D eigenvalue weighted by Crippen LogP contribution is 2.18. The van der Waals surface area contributed by atoms with Gasteiger partial charge in [-0.2, -0.15) is 0 Å². The summed E-state index contributed by atoms with van der Waals surface area (Å²) in [5.41, 5.74) is 0.936. The molecule has 1 heteroatoms. The molecule has 1 nitrogen and oxygen atoms in total. The summed E-state index contributed by atoms with van der Waals surface area (Å²) in [6.45, 7) is 6.52. The molecule has 0 aromatic heterocycles. The van der Waals surface area contributed by atoms with Gasteiger partial charge in [-0.1, -0.05) is 31.7 Å². The minimum absolute atomic E-state index is 0.749. The Balaban J connectivity index is 2.75. The van der Waals surface area contributed by atoms with Gasteiger partial charge >= 0.3 is 0 Å². The third-order valence-corrected chi connectivity index (χ3v) is 1.51. The van der Waals surface area contributed by atoms with Crippen molar-refractivity contribution in [2.45, 2.75) is 13.3 Å². The van der Waals surface area contributed by atoms with Crippen LogP contribution in [0.25, 0.3) is 6.08 Å². The monoisotopic (exact) mass is 161 g/mol. The van der Waals surface area contributed by atoms with Crippen LogP contribution in [0.5, 0.6) is 5.75 Å². The predicted octanol–water partition coefficient (Wildman–Crippen LogP) is 2.92. The quantitative estimate of drug-likeness (QED) is 0.659. The minimum Gasteiger partial charge on any atom is -0.493 e. The van der Waals surface area contributed by atoms with Crippen LogP contribution in [0.2, 0.25) is 0 Å². The fourth-order valence-electron chi connectivity index (χ4n) is 0.932. The molecule has 0 saturated heterocycles. The van der Waals surface area contributed by atoms with Crippen molar-refractivity contribution in [3.8, 4) is 5.75 Å². The first-order valence-corrected chi connectivity index (χ1v) is 4.14. The summed E-state index contributed by atoms with van der Waals surface area (Å²) in [4.78, 5) is 0. The van der Waals surface area contributed by atoms with Crippen LogP contribution in [0.4, 0.5) is 0 Å². The van der Waals surface area contributed by atoms with Crippen molar-refractivity contribution < 1.29 is 4.74 Å². The van der Waals surface area contributed by atoms with Crippen LogP contribution in [0.15, 0.2) is 24.8 Å². The zero-order valence-electron chi connectivity index (χ0n) is 7.34. The molecule has 0 spiro atoms. The summed E-state index contributed by atoms with van der Waals surface area (Å²) in [6, 6.07) is 8.76. The van der Waals surface area contributed by atoms with Gasteiger partial charge in [0.15, 0.2) is 0 Å². The normalized spacial score (nSPS) is 9.42. The molecule has 1 rings (SSSR count). The number of benzene rings is 1. The predicted molar refractivity (Wildman–Crippen MR) is 51.2 cm³/mol. The summed E-state index contributed by atoms with van der Waals surface area (Å²) in [7, 11) is 0. The SMILES string of the molecule is C=Cc1[c]cccc1OCCC. The summed E-state index contributed by atoms with van der Waals surface area (Å²) in [6.07, 6.45) is 2.77. The van der Waals surface area contributed by atoms with Gasteiger partial charge in [-0.3, -0.25) is 0 Å². The Labute approximate surface area is 73.7 Å². The van der Waals surface area contributed by atoms with E-state index in [0.717, 1.165) is 24.3 Å². The van der Waals surface area contributed by atoms with Gasteiger partial charge in [0.1, 0.15) is 5.75 Å². The molecule has 0 aliphatic rings. The van der Waals surface area contributed by atoms with Crippen molar-refractivity contribution in [3.05, 3.63) is 36.4 Å². The molecule has 0 atom stereocenters. The summed E-state index contributed by atoms with van der Waals surface area (Å²) in [5.74, 6) is 0.870. The standard InChI is InChI=1S/C11H13O/c1-3-9-12-11-8-6-5-7-10(11)4-2/h4-6,8H,2-3,9H2,1H3. The van der Waals surface area contributed by atoms with Crippen molar-refractivity contribution in [2.75, 3.05) is 6.61 Å². The largest absolute Gasteiger partial charge is 0.493 e. The highest BCUT2D eigenvalue weighted by atomic mass is 16.5. The lowest BCUT2D eigenvalue weighted by atomic mass is 10.2. The molecule has 1 aromatic rings. The molecule has 0 amide bonds. The van der Waals surface area contributed by atoms with E-state index in [9.17, 15) is 0 Å². The molecular formula is C11H13O. The minimum atomic E-state index is 0.749. The van der Waals surface area contributed by atoms with Crippen LogP contribution in [0.1, 0.15) is 18.9 Å². The van der Waals surface area contributed by atoms with Crippen LogP contribution in [0.3, 0.4) is 0 Å². The van der Waals surface area contributed by atoms with E-state index in [4.69, 9.17) is 4.74 Å². The summed E-state index contributed by atoms with van der Waals surface area (Å²) in [5, 5.41) is 0. The first kappa shape index (κ1) is 8.85. The summed E-state index contributed by atoms with van der Waals surface area (Å²) < 4.78 is 5.47. The third-order valence-electron chi connectivity index (χ3n) is 1.51.